The summed E-state index contributed by atoms with van der Waals surface area (Å²) in [5.41, 5.74) is 0.881. The van der Waals surface area contributed by atoms with Crippen LogP contribution in [0.15, 0.2) is 30.5 Å². The van der Waals surface area contributed by atoms with Gasteiger partial charge < -0.3 is 14.9 Å². The van der Waals surface area contributed by atoms with Gasteiger partial charge in [0.15, 0.2) is 0 Å². The van der Waals surface area contributed by atoms with Gasteiger partial charge in [0.2, 0.25) is 5.91 Å². The minimum absolute atomic E-state index is 0.0759. The lowest BCUT2D eigenvalue weighted by Gasteiger charge is -2.31. The van der Waals surface area contributed by atoms with Crippen molar-refractivity contribution in [1.29, 1.82) is 0 Å². The van der Waals surface area contributed by atoms with E-state index in [1.807, 2.05) is 0 Å². The third-order valence-electron chi connectivity index (χ3n) is 4.86. The molecule has 2 heterocycles. The average molecular weight is 390 g/mol. The first-order chi connectivity index (χ1) is 12.9. The Balaban J connectivity index is 1.69. The number of carbonyl (C=O) groups is 3. The molecule has 1 N–H and O–H groups in total. The number of hydrogen-bond donors (Lipinski definition) is 1. The summed E-state index contributed by atoms with van der Waals surface area (Å²) in [6, 6.07) is 6.79. The van der Waals surface area contributed by atoms with E-state index < -0.39 is 11.9 Å². The standard InChI is InChI=1S/C19H20ClN3O4/c1-22(11-16(24)23-9-6-12(7-10-23)19(26)27)18(25)14-4-5-15(20)13-3-2-8-21-17(13)14/h2-5,8,12H,6-7,9-11H2,1H3,(H,26,27). The highest BCUT2D eigenvalue weighted by Crippen LogP contribution is 2.25. The number of amides is 2. The monoisotopic (exact) mass is 389 g/mol. The SMILES string of the molecule is CN(CC(=O)N1CCC(C(=O)O)CC1)C(=O)c1ccc(Cl)c2cccnc12. The quantitative estimate of drug-likeness (QED) is 0.866. The molecular weight excluding hydrogens is 370 g/mol. The van der Waals surface area contributed by atoms with Gasteiger partial charge in [-0.1, -0.05) is 11.6 Å². The fourth-order valence-corrected chi connectivity index (χ4v) is 3.48. The number of likely N-dealkylation sites (N-methyl/N-ethyl adjacent to an activating group) is 1. The number of aromatic nitrogens is 1. The summed E-state index contributed by atoms with van der Waals surface area (Å²) in [4.78, 5) is 43.5. The van der Waals surface area contributed by atoms with Crippen molar-refractivity contribution >= 4 is 40.3 Å². The molecule has 0 atom stereocenters. The third kappa shape index (κ3) is 4.03. The molecule has 0 radical (unpaired) electrons. The first-order valence-electron chi connectivity index (χ1n) is 8.67. The van der Waals surface area contributed by atoms with Crippen molar-refractivity contribution in [1.82, 2.24) is 14.8 Å². The molecule has 27 heavy (non-hydrogen) atoms. The van der Waals surface area contributed by atoms with E-state index in [1.54, 1.807) is 42.4 Å². The summed E-state index contributed by atoms with van der Waals surface area (Å²) < 4.78 is 0. The van der Waals surface area contributed by atoms with Crippen molar-refractivity contribution in [3.05, 3.63) is 41.0 Å². The summed E-state index contributed by atoms with van der Waals surface area (Å²) in [6.45, 7) is 0.708. The number of hydrogen-bond acceptors (Lipinski definition) is 4. The minimum atomic E-state index is -0.823. The lowest BCUT2D eigenvalue weighted by Crippen LogP contribution is -2.45. The summed E-state index contributed by atoms with van der Waals surface area (Å²) in [5.74, 6) is -1.73. The van der Waals surface area contributed by atoms with Gasteiger partial charge >= 0.3 is 5.97 Å². The molecule has 1 aliphatic rings. The number of likely N-dealkylation sites (tertiary alicyclic amines) is 1. The van der Waals surface area contributed by atoms with Crippen LogP contribution < -0.4 is 0 Å². The Morgan fingerprint density at radius 1 is 1.26 bits per heavy atom. The fourth-order valence-electron chi connectivity index (χ4n) is 3.27. The molecule has 0 aliphatic carbocycles. The van der Waals surface area contributed by atoms with E-state index in [0.717, 1.165) is 0 Å². The molecule has 1 saturated heterocycles. The van der Waals surface area contributed by atoms with E-state index in [-0.39, 0.29) is 18.4 Å². The Hall–Kier alpha value is -2.67. The fraction of sp³-hybridized carbons (Fsp3) is 0.368. The van der Waals surface area contributed by atoms with E-state index in [1.165, 1.54) is 4.90 Å². The largest absolute Gasteiger partial charge is 0.481 e. The topological polar surface area (TPSA) is 90.8 Å². The van der Waals surface area contributed by atoms with Crippen molar-refractivity contribution in [3.8, 4) is 0 Å². The van der Waals surface area contributed by atoms with E-state index in [4.69, 9.17) is 16.7 Å². The van der Waals surface area contributed by atoms with Gasteiger partial charge in [-0.15, -0.1) is 0 Å². The molecule has 0 saturated carbocycles. The first-order valence-corrected chi connectivity index (χ1v) is 9.05. The predicted molar refractivity (Wildman–Crippen MR) is 101 cm³/mol. The highest BCUT2D eigenvalue weighted by molar-refractivity contribution is 6.36. The van der Waals surface area contributed by atoms with Crippen LogP contribution in [0.25, 0.3) is 10.9 Å². The summed E-state index contributed by atoms with van der Waals surface area (Å²) in [6.07, 6.45) is 2.46. The van der Waals surface area contributed by atoms with Gasteiger partial charge in [-0.25, -0.2) is 0 Å². The van der Waals surface area contributed by atoms with Crippen molar-refractivity contribution in [2.75, 3.05) is 26.7 Å². The maximum Gasteiger partial charge on any atom is 0.306 e. The number of piperidine rings is 1. The zero-order chi connectivity index (χ0) is 19.6. The van der Waals surface area contributed by atoms with E-state index in [0.29, 0.717) is 47.4 Å². The van der Waals surface area contributed by atoms with Crippen LogP contribution in [0.3, 0.4) is 0 Å². The van der Waals surface area contributed by atoms with Gasteiger partial charge in [0.05, 0.1) is 28.6 Å². The Morgan fingerprint density at radius 2 is 1.96 bits per heavy atom. The molecule has 2 aromatic rings. The van der Waals surface area contributed by atoms with Gasteiger partial charge in [-0.2, -0.15) is 0 Å². The van der Waals surface area contributed by atoms with Crippen LogP contribution in [0, 0.1) is 5.92 Å². The number of carbonyl (C=O) groups excluding carboxylic acids is 2. The van der Waals surface area contributed by atoms with E-state index in [9.17, 15) is 14.4 Å². The Kier molecular flexibility index (Phi) is 5.60. The van der Waals surface area contributed by atoms with Crippen molar-refractivity contribution in [3.63, 3.8) is 0 Å². The maximum atomic E-state index is 12.8. The zero-order valence-electron chi connectivity index (χ0n) is 14.9. The van der Waals surface area contributed by atoms with Crippen molar-refractivity contribution in [2.24, 2.45) is 5.92 Å². The first kappa shape index (κ1) is 19.1. The maximum absolute atomic E-state index is 12.8. The average Bonchev–Trinajstić information content (AvgIpc) is 2.68. The summed E-state index contributed by atoms with van der Waals surface area (Å²) >= 11 is 6.17. The normalized spacial score (nSPS) is 15.0. The third-order valence-corrected chi connectivity index (χ3v) is 5.19. The van der Waals surface area contributed by atoms with Gasteiger partial charge in [0.25, 0.3) is 5.91 Å². The number of halogens is 1. The lowest BCUT2D eigenvalue weighted by molar-refractivity contribution is -0.145. The molecule has 7 nitrogen and oxygen atoms in total. The molecule has 8 heteroatoms. The lowest BCUT2D eigenvalue weighted by atomic mass is 9.97. The number of carboxylic acids is 1. The highest BCUT2D eigenvalue weighted by Gasteiger charge is 2.28. The predicted octanol–water partition coefficient (Wildman–Crippen LogP) is 2.28. The molecule has 1 aromatic carbocycles. The molecular formula is C19H20ClN3O4. The second-order valence-corrected chi connectivity index (χ2v) is 7.06. The number of pyridine rings is 1. The number of fused-ring (bicyclic) bond motifs is 1. The van der Waals surface area contributed by atoms with Crippen LogP contribution >= 0.6 is 11.6 Å². The van der Waals surface area contributed by atoms with Crippen LogP contribution in [-0.4, -0.2) is 64.4 Å². The molecule has 1 aliphatic heterocycles. The van der Waals surface area contributed by atoms with Gasteiger partial charge in [-0.3, -0.25) is 19.4 Å². The second-order valence-electron chi connectivity index (χ2n) is 6.65. The second kappa shape index (κ2) is 7.92. The Labute approximate surface area is 161 Å². The van der Waals surface area contributed by atoms with Crippen LogP contribution in [0.2, 0.25) is 5.02 Å². The van der Waals surface area contributed by atoms with Crippen LogP contribution in [-0.2, 0) is 9.59 Å². The molecule has 1 fully saturated rings. The highest BCUT2D eigenvalue weighted by atomic mass is 35.5. The zero-order valence-corrected chi connectivity index (χ0v) is 15.6. The van der Waals surface area contributed by atoms with Gasteiger partial charge in [0.1, 0.15) is 0 Å². The number of benzene rings is 1. The number of rotatable bonds is 4. The van der Waals surface area contributed by atoms with Gasteiger partial charge in [-0.05, 0) is 37.1 Å². The van der Waals surface area contributed by atoms with Crippen molar-refractivity contribution < 1.29 is 19.5 Å². The van der Waals surface area contributed by atoms with Crippen LogP contribution in [0.1, 0.15) is 23.2 Å². The summed E-state index contributed by atoms with van der Waals surface area (Å²) in [5, 5.41) is 10.2. The molecule has 0 bridgehead atoms. The molecule has 3 rings (SSSR count). The Bertz CT molecular complexity index is 894. The van der Waals surface area contributed by atoms with E-state index in [2.05, 4.69) is 4.98 Å². The number of aliphatic carboxylic acids is 1. The van der Waals surface area contributed by atoms with Crippen molar-refractivity contribution in [2.45, 2.75) is 12.8 Å². The number of carboxylic acid groups (broad SMARTS) is 1. The minimum Gasteiger partial charge on any atom is -0.481 e. The Morgan fingerprint density at radius 3 is 2.63 bits per heavy atom. The van der Waals surface area contributed by atoms with Gasteiger partial charge in [0, 0.05) is 31.7 Å². The smallest absolute Gasteiger partial charge is 0.306 e. The summed E-state index contributed by atoms with van der Waals surface area (Å²) in [7, 11) is 1.56. The molecule has 0 unspecified atom stereocenters. The van der Waals surface area contributed by atoms with E-state index >= 15 is 0 Å². The molecule has 2 amide bonds. The number of nitrogens with zero attached hydrogens (tertiary/aromatic N) is 3. The molecule has 142 valence electrons. The molecule has 0 spiro atoms. The van der Waals surface area contributed by atoms with Crippen LogP contribution in [0.4, 0.5) is 0 Å². The van der Waals surface area contributed by atoms with Crippen LogP contribution in [0.5, 0.6) is 0 Å². The molecule has 1 aromatic heterocycles.